The quantitative estimate of drug-likeness (QED) is 0.102. The molecule has 0 aromatic rings. The van der Waals surface area contributed by atoms with Crippen molar-refractivity contribution in [3.05, 3.63) is 0 Å². The van der Waals surface area contributed by atoms with E-state index in [0.29, 0.717) is 26.4 Å². The van der Waals surface area contributed by atoms with Gasteiger partial charge in [0.05, 0.1) is 0 Å². The standard InChI is InChI=1S/C40H74S8/c1-27(41)23-45-35-14-6-31(7-15-35)39(32-8-16-36(17-9-32)46-24-28(2)42)22-40(5,33-10-18-37(19-11-33)47-25-29(3)43)34-12-20-38(21-13-34)48-26-30(4)44/h27-39,41-44H,6-26H2,1-5H3. The van der Waals surface area contributed by atoms with Crippen molar-refractivity contribution < 1.29 is 0 Å². The Hall–Kier alpha value is 2.80. The van der Waals surface area contributed by atoms with Crippen LogP contribution in [0.3, 0.4) is 0 Å². The van der Waals surface area contributed by atoms with Crippen LogP contribution in [0.15, 0.2) is 0 Å². The summed E-state index contributed by atoms with van der Waals surface area (Å²) in [5, 5.41) is 5.55. The lowest BCUT2D eigenvalue weighted by Gasteiger charge is -2.53. The number of hydrogen-bond acceptors (Lipinski definition) is 8. The van der Waals surface area contributed by atoms with Gasteiger partial charge < -0.3 is 0 Å². The van der Waals surface area contributed by atoms with E-state index in [2.05, 4.69) is 81.7 Å². The van der Waals surface area contributed by atoms with Crippen LogP contribution in [0.2, 0.25) is 0 Å². The number of hydrogen-bond donors (Lipinski definition) is 4. The highest BCUT2D eigenvalue weighted by Gasteiger charge is 2.48. The highest BCUT2D eigenvalue weighted by Crippen LogP contribution is 2.57. The van der Waals surface area contributed by atoms with Crippen LogP contribution in [0.5, 0.6) is 0 Å². The average molecular weight is 812 g/mol. The third kappa shape index (κ3) is 14.5. The first-order chi connectivity index (χ1) is 22.9. The molecule has 0 aromatic heterocycles. The van der Waals surface area contributed by atoms with Crippen LogP contribution in [0, 0.1) is 35.0 Å². The molecule has 4 aliphatic rings. The molecular formula is C40H74S8. The molecule has 0 aliphatic heterocycles. The third-order valence-electron chi connectivity index (χ3n) is 12.8. The van der Waals surface area contributed by atoms with Gasteiger partial charge >= 0.3 is 0 Å². The number of thioether (sulfide) groups is 4. The number of rotatable bonds is 18. The molecule has 4 fully saturated rings. The van der Waals surface area contributed by atoms with E-state index in [1.165, 1.54) is 132 Å². The van der Waals surface area contributed by atoms with E-state index in [1.54, 1.807) is 0 Å². The second-order valence-electron chi connectivity index (χ2n) is 17.1. The molecule has 0 radical (unpaired) electrons. The fourth-order valence-corrected chi connectivity index (χ4v) is 15.8. The predicted octanol–water partition coefficient (Wildman–Crippen LogP) is 13.4. The van der Waals surface area contributed by atoms with Crippen molar-refractivity contribution in [1.82, 2.24) is 0 Å². The van der Waals surface area contributed by atoms with Crippen LogP contribution in [0.4, 0.5) is 0 Å². The monoisotopic (exact) mass is 810 g/mol. The minimum absolute atomic E-state index is 0.504. The maximum Gasteiger partial charge on any atom is 0.00792 e. The van der Waals surface area contributed by atoms with Crippen molar-refractivity contribution in [2.24, 2.45) is 35.0 Å². The Morgan fingerprint density at radius 3 is 0.938 bits per heavy atom. The topological polar surface area (TPSA) is 0 Å². The predicted molar refractivity (Wildman–Crippen MR) is 243 cm³/mol. The van der Waals surface area contributed by atoms with Crippen molar-refractivity contribution in [1.29, 1.82) is 0 Å². The fourth-order valence-electron chi connectivity index (χ4n) is 10.1. The maximum atomic E-state index is 4.72. The summed E-state index contributed by atoms with van der Waals surface area (Å²) >= 11 is 27.8. The van der Waals surface area contributed by atoms with E-state index >= 15 is 0 Å². The molecule has 0 heterocycles. The van der Waals surface area contributed by atoms with E-state index < -0.39 is 0 Å². The van der Waals surface area contributed by atoms with Gasteiger partial charge in [-0.3, -0.25) is 0 Å². The first kappa shape index (κ1) is 43.5. The average Bonchev–Trinajstić information content (AvgIpc) is 3.08. The minimum atomic E-state index is 0.504. The molecule has 4 aliphatic carbocycles. The summed E-state index contributed by atoms with van der Waals surface area (Å²) in [6.45, 7) is 11.9. The van der Waals surface area contributed by atoms with Gasteiger partial charge in [-0.2, -0.15) is 97.6 Å². The van der Waals surface area contributed by atoms with Gasteiger partial charge in [-0.05, 0) is 144 Å². The summed E-state index contributed by atoms with van der Waals surface area (Å²) in [5.74, 6) is 9.55. The normalized spacial score (nSPS) is 36.4. The van der Waals surface area contributed by atoms with Crippen LogP contribution in [-0.2, 0) is 0 Å². The molecule has 48 heavy (non-hydrogen) atoms. The zero-order chi connectivity index (χ0) is 34.7. The zero-order valence-electron chi connectivity index (χ0n) is 31.3. The van der Waals surface area contributed by atoms with E-state index in [9.17, 15) is 0 Å². The Bertz CT molecular complexity index is 783. The van der Waals surface area contributed by atoms with Gasteiger partial charge in [0.25, 0.3) is 0 Å². The molecule has 0 amide bonds. The van der Waals surface area contributed by atoms with Crippen molar-refractivity contribution in [2.45, 2.75) is 186 Å². The van der Waals surface area contributed by atoms with Crippen molar-refractivity contribution >= 4 is 97.6 Å². The van der Waals surface area contributed by atoms with E-state index in [1.807, 2.05) is 0 Å². The molecule has 0 nitrogen and oxygen atoms in total. The molecular weight excluding hydrogens is 737 g/mol. The summed E-state index contributed by atoms with van der Waals surface area (Å²) in [6.07, 6.45) is 25.0. The van der Waals surface area contributed by atoms with E-state index in [4.69, 9.17) is 50.5 Å². The Balaban J connectivity index is 1.50. The lowest BCUT2D eigenvalue weighted by molar-refractivity contribution is -0.0134. The Morgan fingerprint density at radius 2 is 0.688 bits per heavy atom. The summed E-state index contributed by atoms with van der Waals surface area (Å²) in [5.41, 5.74) is 0.504. The highest BCUT2D eigenvalue weighted by atomic mass is 32.2. The summed E-state index contributed by atoms with van der Waals surface area (Å²) in [6, 6.07) is 0. The lowest BCUT2D eigenvalue weighted by atomic mass is 9.54. The van der Waals surface area contributed by atoms with E-state index in [-0.39, 0.29) is 0 Å². The van der Waals surface area contributed by atoms with Gasteiger partial charge in [0.2, 0.25) is 0 Å². The largest absolute Gasteiger partial charge is 0.175 e. The minimum Gasteiger partial charge on any atom is -0.175 e. The van der Waals surface area contributed by atoms with Gasteiger partial charge in [-0.1, -0.05) is 34.6 Å². The van der Waals surface area contributed by atoms with Crippen molar-refractivity contribution in [2.75, 3.05) is 23.0 Å². The third-order valence-corrected chi connectivity index (χ3v) is 21.1. The second kappa shape index (κ2) is 22.4. The first-order valence-electron chi connectivity index (χ1n) is 20.1. The summed E-state index contributed by atoms with van der Waals surface area (Å²) in [4.78, 5) is 0. The van der Waals surface area contributed by atoms with Gasteiger partial charge in [-0.15, -0.1) is 0 Å². The van der Waals surface area contributed by atoms with Crippen LogP contribution in [-0.4, -0.2) is 65.0 Å². The lowest BCUT2D eigenvalue weighted by Crippen LogP contribution is -2.44. The molecule has 0 spiro atoms. The fraction of sp³-hybridized carbons (Fsp3) is 1.00. The second-order valence-corrected chi connectivity index (χ2v) is 26.0. The van der Waals surface area contributed by atoms with Crippen molar-refractivity contribution in [3.63, 3.8) is 0 Å². The van der Waals surface area contributed by atoms with Crippen LogP contribution >= 0.6 is 97.6 Å². The van der Waals surface area contributed by atoms with Crippen LogP contribution < -0.4 is 0 Å². The van der Waals surface area contributed by atoms with Crippen LogP contribution in [0.25, 0.3) is 0 Å². The van der Waals surface area contributed by atoms with Gasteiger partial charge in [0.15, 0.2) is 0 Å². The summed E-state index contributed by atoms with van der Waals surface area (Å²) in [7, 11) is 0. The Morgan fingerprint density at radius 1 is 0.438 bits per heavy atom. The molecule has 0 N–H and O–H groups in total. The SMILES string of the molecule is CC(S)CSC1CCC(C(CC(C)(C2CCC(SCC(C)S)CC2)C2CCC(SCC(C)S)CC2)C2CCC(SCC(C)S)CC2)CC1. The Kier molecular flexibility index (Phi) is 20.3. The molecule has 4 unspecified atom stereocenters. The first-order valence-corrected chi connectivity index (χ1v) is 26.4. The molecule has 8 heteroatoms. The molecule has 4 atom stereocenters. The Labute approximate surface area is 338 Å². The van der Waals surface area contributed by atoms with Crippen molar-refractivity contribution in [3.8, 4) is 0 Å². The van der Waals surface area contributed by atoms with Gasteiger partial charge in [0, 0.05) is 65.0 Å². The van der Waals surface area contributed by atoms with Crippen LogP contribution in [0.1, 0.15) is 144 Å². The molecule has 0 aromatic carbocycles. The zero-order valence-corrected chi connectivity index (χ0v) is 38.1. The molecule has 282 valence electrons. The molecule has 0 bridgehead atoms. The summed E-state index contributed by atoms with van der Waals surface area (Å²) < 4.78 is 0. The number of thiol groups is 4. The molecule has 0 saturated heterocycles. The molecule has 4 saturated carbocycles. The maximum absolute atomic E-state index is 4.72. The smallest absolute Gasteiger partial charge is 0.00792 e. The van der Waals surface area contributed by atoms with Gasteiger partial charge in [-0.25, -0.2) is 0 Å². The molecule has 4 rings (SSSR count). The van der Waals surface area contributed by atoms with E-state index in [0.717, 1.165) is 50.6 Å². The highest BCUT2D eigenvalue weighted by molar-refractivity contribution is 8.01. The van der Waals surface area contributed by atoms with Gasteiger partial charge in [0.1, 0.15) is 0 Å².